The maximum absolute atomic E-state index is 14.3. The van der Waals surface area contributed by atoms with Crippen LogP contribution in [0.1, 0.15) is 47.0 Å². The third-order valence-electron chi connectivity index (χ3n) is 4.31. The van der Waals surface area contributed by atoms with Crippen molar-refractivity contribution < 1.29 is 9.13 Å². The van der Waals surface area contributed by atoms with Gasteiger partial charge in [0, 0.05) is 31.2 Å². The van der Waals surface area contributed by atoms with E-state index in [9.17, 15) is 4.39 Å². The number of piperidine rings is 1. The highest BCUT2D eigenvalue weighted by Gasteiger charge is 2.35. The second-order valence-corrected chi connectivity index (χ2v) is 6.61. The molecule has 4 atom stereocenters. The van der Waals surface area contributed by atoms with Crippen LogP contribution < -0.4 is 5.32 Å². The Labute approximate surface area is 116 Å². The van der Waals surface area contributed by atoms with E-state index in [1.54, 1.807) is 0 Å². The summed E-state index contributed by atoms with van der Waals surface area (Å²) in [4.78, 5) is 2.35. The van der Waals surface area contributed by atoms with Crippen LogP contribution in [-0.4, -0.2) is 54.5 Å². The molecular formula is C15H29FN2O. The van der Waals surface area contributed by atoms with Crippen molar-refractivity contribution >= 4 is 0 Å². The molecule has 0 bridgehead atoms. The van der Waals surface area contributed by atoms with Gasteiger partial charge in [-0.25, -0.2) is 4.39 Å². The number of ether oxygens (including phenoxy) is 1. The van der Waals surface area contributed by atoms with Crippen LogP contribution in [0.5, 0.6) is 0 Å². The minimum absolute atomic E-state index is 0.0333. The van der Waals surface area contributed by atoms with Crippen molar-refractivity contribution in [3.8, 4) is 0 Å². The molecule has 0 radical (unpaired) electrons. The molecule has 0 aromatic heterocycles. The van der Waals surface area contributed by atoms with E-state index < -0.39 is 6.17 Å². The molecule has 2 heterocycles. The van der Waals surface area contributed by atoms with Crippen LogP contribution in [0.4, 0.5) is 4.39 Å². The van der Waals surface area contributed by atoms with Gasteiger partial charge in [0.05, 0.1) is 12.2 Å². The molecule has 2 aliphatic rings. The van der Waals surface area contributed by atoms with Gasteiger partial charge in [0.25, 0.3) is 0 Å². The van der Waals surface area contributed by atoms with E-state index >= 15 is 0 Å². The van der Waals surface area contributed by atoms with Crippen LogP contribution in [0.3, 0.4) is 0 Å². The fourth-order valence-corrected chi connectivity index (χ4v) is 3.54. The Bertz CT molecular complexity index is 277. The number of nitrogens with zero attached hydrogens (tertiary/aromatic N) is 1. The van der Waals surface area contributed by atoms with Gasteiger partial charge < -0.3 is 10.1 Å². The third-order valence-corrected chi connectivity index (χ3v) is 4.31. The first-order valence-electron chi connectivity index (χ1n) is 7.75. The van der Waals surface area contributed by atoms with Crippen LogP contribution in [-0.2, 0) is 4.74 Å². The summed E-state index contributed by atoms with van der Waals surface area (Å²) in [5, 5.41) is 3.35. The largest absolute Gasteiger partial charge is 0.375 e. The number of halogens is 1. The molecule has 3 nitrogen and oxygen atoms in total. The molecule has 0 amide bonds. The van der Waals surface area contributed by atoms with Gasteiger partial charge in [0.15, 0.2) is 0 Å². The number of hydrogen-bond donors (Lipinski definition) is 1. The maximum atomic E-state index is 14.3. The lowest BCUT2D eigenvalue weighted by Gasteiger charge is -2.44. The molecule has 112 valence electrons. The highest BCUT2D eigenvalue weighted by molar-refractivity contribution is 4.91. The SMILES string of the molecule is CC(C)N[C@H]1CCN(C2CC(C)OC(C)C2)C[C@H]1F. The van der Waals surface area contributed by atoms with Gasteiger partial charge in [0.2, 0.25) is 0 Å². The molecule has 19 heavy (non-hydrogen) atoms. The highest BCUT2D eigenvalue weighted by atomic mass is 19.1. The summed E-state index contributed by atoms with van der Waals surface area (Å²) in [7, 11) is 0. The summed E-state index contributed by atoms with van der Waals surface area (Å²) in [5.74, 6) is 0. The highest BCUT2D eigenvalue weighted by Crippen LogP contribution is 2.27. The fourth-order valence-electron chi connectivity index (χ4n) is 3.54. The minimum atomic E-state index is -0.746. The molecule has 2 unspecified atom stereocenters. The van der Waals surface area contributed by atoms with Crippen LogP contribution in [0.25, 0.3) is 0 Å². The zero-order valence-corrected chi connectivity index (χ0v) is 12.7. The van der Waals surface area contributed by atoms with Gasteiger partial charge in [0.1, 0.15) is 6.17 Å². The van der Waals surface area contributed by atoms with Crippen molar-refractivity contribution in [1.29, 1.82) is 0 Å². The summed E-state index contributed by atoms with van der Waals surface area (Å²) in [6.07, 6.45) is 2.86. The first-order valence-corrected chi connectivity index (χ1v) is 7.75. The Morgan fingerprint density at radius 3 is 2.37 bits per heavy atom. The van der Waals surface area contributed by atoms with Crippen LogP contribution in [0.15, 0.2) is 0 Å². The quantitative estimate of drug-likeness (QED) is 0.853. The Kier molecular flexibility index (Phi) is 5.21. The van der Waals surface area contributed by atoms with Crippen molar-refractivity contribution in [2.45, 2.75) is 83.5 Å². The molecule has 2 aliphatic heterocycles. The van der Waals surface area contributed by atoms with Crippen molar-refractivity contribution in [2.24, 2.45) is 0 Å². The summed E-state index contributed by atoms with van der Waals surface area (Å²) in [6.45, 7) is 10.0. The van der Waals surface area contributed by atoms with Crippen molar-refractivity contribution in [1.82, 2.24) is 10.2 Å². The number of alkyl halides is 1. The lowest BCUT2D eigenvalue weighted by molar-refractivity contribution is -0.0742. The molecular weight excluding hydrogens is 243 g/mol. The number of hydrogen-bond acceptors (Lipinski definition) is 3. The molecule has 0 saturated carbocycles. The molecule has 1 N–H and O–H groups in total. The Morgan fingerprint density at radius 2 is 1.84 bits per heavy atom. The van der Waals surface area contributed by atoms with Crippen LogP contribution in [0.2, 0.25) is 0 Å². The van der Waals surface area contributed by atoms with Gasteiger partial charge in [-0.3, -0.25) is 4.90 Å². The van der Waals surface area contributed by atoms with Gasteiger partial charge in [-0.15, -0.1) is 0 Å². The van der Waals surface area contributed by atoms with Crippen molar-refractivity contribution in [3.05, 3.63) is 0 Å². The van der Waals surface area contributed by atoms with Crippen molar-refractivity contribution in [2.75, 3.05) is 13.1 Å². The second-order valence-electron chi connectivity index (χ2n) is 6.61. The minimum Gasteiger partial charge on any atom is -0.375 e. The average molecular weight is 272 g/mol. The van der Waals surface area contributed by atoms with Crippen molar-refractivity contribution in [3.63, 3.8) is 0 Å². The summed E-state index contributed by atoms with van der Waals surface area (Å²) >= 11 is 0. The Hall–Kier alpha value is -0.190. The monoisotopic (exact) mass is 272 g/mol. The van der Waals surface area contributed by atoms with Crippen LogP contribution in [0, 0.1) is 0 Å². The van der Waals surface area contributed by atoms with Gasteiger partial charge in [-0.2, -0.15) is 0 Å². The van der Waals surface area contributed by atoms with Gasteiger partial charge in [-0.1, -0.05) is 13.8 Å². The maximum Gasteiger partial charge on any atom is 0.128 e. The molecule has 0 aliphatic carbocycles. The van der Waals surface area contributed by atoms with E-state index in [1.165, 1.54) is 0 Å². The van der Waals surface area contributed by atoms with E-state index in [0.717, 1.165) is 25.8 Å². The number of nitrogens with one attached hydrogen (secondary N) is 1. The summed E-state index contributed by atoms with van der Waals surface area (Å²) in [6, 6.07) is 0.890. The number of rotatable bonds is 3. The van der Waals surface area contributed by atoms with Crippen LogP contribution >= 0.6 is 0 Å². The lowest BCUT2D eigenvalue weighted by atomic mass is 9.94. The first kappa shape index (κ1) is 15.2. The average Bonchev–Trinajstić information content (AvgIpc) is 2.30. The number of likely N-dealkylation sites (tertiary alicyclic amines) is 1. The standard InChI is InChI=1S/C15H29FN2O/c1-10(2)17-15-5-6-18(9-14(15)16)13-7-11(3)19-12(4)8-13/h10-15,17H,5-9H2,1-4H3/t11?,12?,13?,14-,15+/m1/s1. The normalized spacial score (nSPS) is 41.7. The fraction of sp³-hybridized carbons (Fsp3) is 1.00. The molecule has 4 heteroatoms. The summed E-state index contributed by atoms with van der Waals surface area (Å²) in [5.41, 5.74) is 0. The van der Waals surface area contributed by atoms with Gasteiger partial charge >= 0.3 is 0 Å². The smallest absolute Gasteiger partial charge is 0.128 e. The molecule has 2 fully saturated rings. The molecule has 2 saturated heterocycles. The zero-order chi connectivity index (χ0) is 14.0. The molecule has 0 spiro atoms. The predicted molar refractivity (Wildman–Crippen MR) is 76.2 cm³/mol. The molecule has 0 aromatic rings. The second kappa shape index (κ2) is 6.51. The molecule has 2 rings (SSSR count). The Morgan fingerprint density at radius 1 is 1.21 bits per heavy atom. The van der Waals surface area contributed by atoms with Gasteiger partial charge in [-0.05, 0) is 33.1 Å². The van der Waals surface area contributed by atoms with E-state index in [0.29, 0.717) is 30.8 Å². The van der Waals surface area contributed by atoms with E-state index in [1.807, 2.05) is 0 Å². The van der Waals surface area contributed by atoms with E-state index in [2.05, 4.69) is 37.9 Å². The zero-order valence-electron chi connectivity index (χ0n) is 12.7. The summed E-state index contributed by atoms with van der Waals surface area (Å²) < 4.78 is 20.0. The Balaban J connectivity index is 1.87. The molecule has 0 aromatic carbocycles. The first-order chi connectivity index (χ1) is 8.95. The topological polar surface area (TPSA) is 24.5 Å². The third kappa shape index (κ3) is 4.14. The lowest BCUT2D eigenvalue weighted by Crippen LogP contribution is -2.56. The van der Waals surface area contributed by atoms with E-state index in [4.69, 9.17) is 4.74 Å². The van der Waals surface area contributed by atoms with E-state index in [-0.39, 0.29) is 6.04 Å². The predicted octanol–water partition coefficient (Wildman–Crippen LogP) is 2.35.